The number of carbonyl (C=O) groups is 1. The quantitative estimate of drug-likeness (QED) is 0.841. The zero-order valence-corrected chi connectivity index (χ0v) is 11.8. The molecule has 0 aliphatic carbocycles. The van der Waals surface area contributed by atoms with Crippen LogP contribution in [0.25, 0.3) is 0 Å². The maximum Gasteiger partial charge on any atom is 0.416 e. The standard InChI is InChI=1S/C13H12F3NO3S/c1-9(18)17(12-5-6-21(19,20)8-12)11-4-2-3-10(7-11)13(14,15)16/h2-7,12H,8H2,1H3/t12-/m0/s1. The minimum Gasteiger partial charge on any atom is -0.305 e. The number of hydrogen-bond donors (Lipinski definition) is 0. The number of anilines is 1. The van der Waals surface area contributed by atoms with E-state index in [1.807, 2.05) is 0 Å². The first-order chi connectivity index (χ1) is 9.60. The molecular formula is C13H12F3NO3S. The minimum absolute atomic E-state index is 0.0177. The third-order valence-corrected chi connectivity index (χ3v) is 4.41. The van der Waals surface area contributed by atoms with Gasteiger partial charge in [0.25, 0.3) is 0 Å². The van der Waals surface area contributed by atoms with E-state index in [9.17, 15) is 26.4 Å². The molecule has 1 amide bonds. The summed E-state index contributed by atoms with van der Waals surface area (Å²) in [5.74, 6) is -0.857. The van der Waals surface area contributed by atoms with Crippen LogP contribution in [0.4, 0.5) is 18.9 Å². The van der Waals surface area contributed by atoms with Gasteiger partial charge in [-0.3, -0.25) is 4.79 Å². The number of carbonyl (C=O) groups excluding carboxylic acids is 1. The molecule has 4 nitrogen and oxygen atoms in total. The summed E-state index contributed by atoms with van der Waals surface area (Å²) in [6.45, 7) is 1.18. The smallest absolute Gasteiger partial charge is 0.305 e. The lowest BCUT2D eigenvalue weighted by molar-refractivity contribution is -0.137. The van der Waals surface area contributed by atoms with E-state index in [1.165, 1.54) is 25.1 Å². The summed E-state index contributed by atoms with van der Waals surface area (Å²) in [5.41, 5.74) is -0.875. The second-order valence-corrected chi connectivity index (χ2v) is 6.59. The van der Waals surface area contributed by atoms with Crippen LogP contribution in [0.3, 0.4) is 0 Å². The number of alkyl halides is 3. The number of rotatable bonds is 2. The predicted molar refractivity (Wildman–Crippen MR) is 71.3 cm³/mol. The average Bonchev–Trinajstić information content (AvgIpc) is 2.68. The summed E-state index contributed by atoms with van der Waals surface area (Å²) in [5, 5.41) is 0.973. The molecular weight excluding hydrogens is 307 g/mol. The molecule has 0 saturated heterocycles. The summed E-state index contributed by atoms with van der Waals surface area (Å²) < 4.78 is 61.0. The summed E-state index contributed by atoms with van der Waals surface area (Å²) in [4.78, 5) is 12.8. The van der Waals surface area contributed by atoms with E-state index < -0.39 is 33.5 Å². The van der Waals surface area contributed by atoms with Crippen molar-refractivity contribution in [2.75, 3.05) is 10.7 Å². The molecule has 1 heterocycles. The van der Waals surface area contributed by atoms with Crippen molar-refractivity contribution in [3.8, 4) is 0 Å². The Balaban J connectivity index is 2.41. The van der Waals surface area contributed by atoms with Gasteiger partial charge < -0.3 is 4.90 Å². The lowest BCUT2D eigenvalue weighted by Crippen LogP contribution is -2.39. The molecule has 0 N–H and O–H groups in total. The number of nitrogens with zero attached hydrogens (tertiary/aromatic N) is 1. The Morgan fingerprint density at radius 1 is 1.33 bits per heavy atom. The zero-order chi connectivity index (χ0) is 15.8. The lowest BCUT2D eigenvalue weighted by atomic mass is 10.1. The summed E-state index contributed by atoms with van der Waals surface area (Å²) in [6, 6.07) is 3.45. The highest BCUT2D eigenvalue weighted by atomic mass is 32.2. The Bertz CT molecular complexity index is 695. The van der Waals surface area contributed by atoms with Crippen molar-refractivity contribution in [3.05, 3.63) is 41.3 Å². The van der Waals surface area contributed by atoms with Gasteiger partial charge in [-0.15, -0.1) is 0 Å². The highest BCUT2D eigenvalue weighted by molar-refractivity contribution is 7.94. The molecule has 0 saturated carbocycles. The molecule has 1 aromatic carbocycles. The Kier molecular flexibility index (Phi) is 3.83. The predicted octanol–water partition coefficient (Wildman–Crippen LogP) is 2.37. The van der Waals surface area contributed by atoms with Crippen LogP contribution in [0.1, 0.15) is 12.5 Å². The van der Waals surface area contributed by atoms with Crippen LogP contribution in [0, 0.1) is 0 Å². The van der Waals surface area contributed by atoms with Crippen LogP contribution in [-0.4, -0.2) is 26.1 Å². The molecule has 0 bridgehead atoms. The Morgan fingerprint density at radius 2 is 2.00 bits per heavy atom. The van der Waals surface area contributed by atoms with Gasteiger partial charge in [0, 0.05) is 18.0 Å². The second kappa shape index (κ2) is 5.18. The van der Waals surface area contributed by atoms with Gasteiger partial charge in [-0.25, -0.2) is 8.42 Å². The minimum atomic E-state index is -4.53. The van der Waals surface area contributed by atoms with Gasteiger partial charge >= 0.3 is 6.18 Å². The number of halogens is 3. The molecule has 1 atom stereocenters. The van der Waals surface area contributed by atoms with Crippen molar-refractivity contribution >= 4 is 21.4 Å². The first-order valence-corrected chi connectivity index (χ1v) is 7.70. The van der Waals surface area contributed by atoms with E-state index in [-0.39, 0.29) is 11.4 Å². The molecule has 0 fully saturated rings. The molecule has 2 rings (SSSR count). The van der Waals surface area contributed by atoms with Crippen LogP contribution in [-0.2, 0) is 20.8 Å². The SMILES string of the molecule is CC(=O)N(c1cccc(C(F)(F)F)c1)[C@H]1C=CS(=O)(=O)C1. The normalized spacial score (nSPS) is 20.5. The van der Waals surface area contributed by atoms with Crippen molar-refractivity contribution in [3.63, 3.8) is 0 Å². The van der Waals surface area contributed by atoms with Gasteiger partial charge in [0.15, 0.2) is 9.84 Å². The fourth-order valence-corrected chi connectivity index (χ4v) is 3.43. The van der Waals surface area contributed by atoms with E-state index in [1.54, 1.807) is 0 Å². The molecule has 0 spiro atoms. The summed E-state index contributed by atoms with van der Waals surface area (Å²) in [6.07, 6.45) is -3.23. The van der Waals surface area contributed by atoms with E-state index in [4.69, 9.17) is 0 Å². The van der Waals surface area contributed by atoms with Crippen LogP contribution < -0.4 is 4.90 Å². The van der Waals surface area contributed by atoms with Crippen LogP contribution in [0.5, 0.6) is 0 Å². The molecule has 0 radical (unpaired) electrons. The first kappa shape index (κ1) is 15.6. The van der Waals surface area contributed by atoms with E-state index in [0.29, 0.717) is 0 Å². The van der Waals surface area contributed by atoms with Crippen LogP contribution in [0.15, 0.2) is 35.7 Å². The molecule has 114 valence electrons. The number of amides is 1. The third-order valence-electron chi connectivity index (χ3n) is 3.03. The van der Waals surface area contributed by atoms with Gasteiger partial charge in [-0.2, -0.15) is 13.2 Å². The zero-order valence-electron chi connectivity index (χ0n) is 11.0. The van der Waals surface area contributed by atoms with E-state index in [0.717, 1.165) is 22.4 Å². The van der Waals surface area contributed by atoms with Crippen LogP contribution >= 0.6 is 0 Å². The van der Waals surface area contributed by atoms with Gasteiger partial charge in [0.1, 0.15) is 0 Å². The molecule has 21 heavy (non-hydrogen) atoms. The fraction of sp³-hybridized carbons (Fsp3) is 0.308. The van der Waals surface area contributed by atoms with Crippen molar-refractivity contribution in [1.82, 2.24) is 0 Å². The average molecular weight is 319 g/mol. The summed E-state index contributed by atoms with van der Waals surface area (Å²) in [7, 11) is -3.42. The van der Waals surface area contributed by atoms with Crippen LogP contribution in [0.2, 0.25) is 0 Å². The van der Waals surface area contributed by atoms with Gasteiger partial charge in [-0.05, 0) is 24.3 Å². The lowest BCUT2D eigenvalue weighted by Gasteiger charge is -2.27. The molecule has 0 unspecified atom stereocenters. The Morgan fingerprint density at radius 3 is 2.48 bits per heavy atom. The topological polar surface area (TPSA) is 54.5 Å². The number of benzene rings is 1. The molecule has 0 aromatic heterocycles. The van der Waals surface area contributed by atoms with Gasteiger partial charge in [0.05, 0.1) is 17.4 Å². The van der Waals surface area contributed by atoms with Crippen molar-refractivity contribution in [2.24, 2.45) is 0 Å². The maximum atomic E-state index is 12.7. The molecule has 1 aliphatic rings. The van der Waals surface area contributed by atoms with Crippen molar-refractivity contribution in [1.29, 1.82) is 0 Å². The summed E-state index contributed by atoms with van der Waals surface area (Å²) >= 11 is 0. The Labute approximate surface area is 119 Å². The first-order valence-electron chi connectivity index (χ1n) is 5.98. The van der Waals surface area contributed by atoms with Crippen molar-refractivity contribution < 1.29 is 26.4 Å². The third kappa shape index (κ3) is 3.44. The van der Waals surface area contributed by atoms with Crippen molar-refractivity contribution in [2.45, 2.75) is 19.1 Å². The van der Waals surface area contributed by atoms with E-state index in [2.05, 4.69) is 0 Å². The molecule has 1 aliphatic heterocycles. The maximum absolute atomic E-state index is 12.7. The number of hydrogen-bond acceptors (Lipinski definition) is 3. The largest absolute Gasteiger partial charge is 0.416 e. The molecule has 8 heteroatoms. The Hall–Kier alpha value is -1.83. The fourth-order valence-electron chi connectivity index (χ4n) is 2.16. The molecule has 1 aromatic rings. The highest BCUT2D eigenvalue weighted by Crippen LogP contribution is 2.32. The van der Waals surface area contributed by atoms with Gasteiger partial charge in [-0.1, -0.05) is 6.07 Å². The number of sulfone groups is 1. The monoisotopic (exact) mass is 319 g/mol. The highest BCUT2D eigenvalue weighted by Gasteiger charge is 2.33. The second-order valence-electron chi connectivity index (χ2n) is 4.66. The van der Waals surface area contributed by atoms with Gasteiger partial charge in [0.2, 0.25) is 5.91 Å². The van der Waals surface area contributed by atoms with E-state index >= 15 is 0 Å².